The molecule has 1 aliphatic rings. The van der Waals surface area contributed by atoms with Gasteiger partial charge in [0.15, 0.2) is 0 Å². The number of hydroxylamine groups is 2. The molecule has 0 spiro atoms. The Bertz CT molecular complexity index is 787. The second-order valence-corrected chi connectivity index (χ2v) is 5.43. The third-order valence-electron chi connectivity index (χ3n) is 3.86. The Morgan fingerprint density at radius 2 is 1.75 bits per heavy atom. The number of carboxylic acid groups (broad SMARTS) is 1. The van der Waals surface area contributed by atoms with E-state index >= 15 is 0 Å². The van der Waals surface area contributed by atoms with Gasteiger partial charge in [-0.15, -0.1) is 5.06 Å². The first-order valence-electron chi connectivity index (χ1n) is 7.44. The summed E-state index contributed by atoms with van der Waals surface area (Å²) in [7, 11) is 0. The number of nitrogens with zero attached hydrogens (tertiary/aromatic N) is 1. The van der Waals surface area contributed by atoms with E-state index in [1.807, 2.05) is 18.2 Å². The number of hydrogen-bond donors (Lipinski definition) is 1. The Morgan fingerprint density at radius 3 is 2.46 bits per heavy atom. The van der Waals surface area contributed by atoms with Crippen LogP contribution in [0.2, 0.25) is 0 Å². The first-order valence-corrected chi connectivity index (χ1v) is 7.44. The minimum Gasteiger partial charge on any atom is -0.481 e. The molecule has 0 fully saturated rings. The van der Waals surface area contributed by atoms with Crippen LogP contribution in [0.5, 0.6) is 0 Å². The standard InChI is InChI=1S/C18H15NO5/c20-16-10-15(18(22)23)13-8-4-5-9-14(13)17(21)19(16)24-11-12-6-2-1-3-7-12/h1-9,15H,10-11H2,(H,22,23). The van der Waals surface area contributed by atoms with E-state index in [0.29, 0.717) is 10.6 Å². The quantitative estimate of drug-likeness (QED) is 0.872. The van der Waals surface area contributed by atoms with Crippen LogP contribution in [0.1, 0.15) is 33.8 Å². The summed E-state index contributed by atoms with van der Waals surface area (Å²) in [6.07, 6.45) is -0.327. The van der Waals surface area contributed by atoms with Crippen LogP contribution in [0.25, 0.3) is 0 Å². The molecule has 0 bridgehead atoms. The van der Waals surface area contributed by atoms with Crippen LogP contribution in [-0.2, 0) is 21.0 Å². The van der Waals surface area contributed by atoms with Crippen LogP contribution >= 0.6 is 0 Å². The van der Waals surface area contributed by atoms with Gasteiger partial charge in [0.05, 0.1) is 5.92 Å². The lowest BCUT2D eigenvalue weighted by Crippen LogP contribution is -2.35. The van der Waals surface area contributed by atoms with Crippen molar-refractivity contribution in [1.29, 1.82) is 0 Å². The van der Waals surface area contributed by atoms with Gasteiger partial charge in [-0.2, -0.15) is 0 Å². The number of carbonyl (C=O) groups is 3. The fraction of sp³-hybridized carbons (Fsp3) is 0.167. The number of hydrogen-bond acceptors (Lipinski definition) is 4. The molecule has 0 aliphatic carbocycles. The van der Waals surface area contributed by atoms with Crippen LogP contribution in [0.15, 0.2) is 54.6 Å². The summed E-state index contributed by atoms with van der Waals surface area (Å²) in [6.45, 7) is 0.0399. The van der Waals surface area contributed by atoms with Gasteiger partial charge in [0.25, 0.3) is 11.8 Å². The zero-order valence-electron chi connectivity index (χ0n) is 12.7. The van der Waals surface area contributed by atoms with E-state index in [1.165, 1.54) is 6.07 Å². The van der Waals surface area contributed by atoms with Crippen molar-refractivity contribution in [3.63, 3.8) is 0 Å². The van der Waals surface area contributed by atoms with Crippen molar-refractivity contribution < 1.29 is 24.3 Å². The number of fused-ring (bicyclic) bond motifs is 1. The third kappa shape index (κ3) is 3.04. The summed E-state index contributed by atoms with van der Waals surface area (Å²) >= 11 is 0. The first kappa shape index (κ1) is 15.9. The van der Waals surface area contributed by atoms with Crippen molar-refractivity contribution >= 4 is 17.8 Å². The molecule has 1 N–H and O–H groups in total. The molecule has 1 heterocycles. The highest BCUT2D eigenvalue weighted by atomic mass is 16.7. The minimum atomic E-state index is -1.14. The summed E-state index contributed by atoms with van der Waals surface area (Å²) in [5, 5.41) is 10.1. The average Bonchev–Trinajstić information content (AvgIpc) is 2.70. The van der Waals surface area contributed by atoms with E-state index in [-0.39, 0.29) is 18.6 Å². The van der Waals surface area contributed by atoms with Crippen LogP contribution in [-0.4, -0.2) is 28.0 Å². The van der Waals surface area contributed by atoms with E-state index in [9.17, 15) is 19.5 Å². The third-order valence-corrected chi connectivity index (χ3v) is 3.86. The first-order chi connectivity index (χ1) is 11.6. The summed E-state index contributed by atoms with van der Waals surface area (Å²) in [6, 6.07) is 15.4. The monoisotopic (exact) mass is 325 g/mol. The second-order valence-electron chi connectivity index (χ2n) is 5.43. The van der Waals surface area contributed by atoms with E-state index in [0.717, 1.165) is 5.56 Å². The molecule has 1 unspecified atom stereocenters. The zero-order valence-corrected chi connectivity index (χ0v) is 12.7. The maximum atomic E-state index is 12.6. The van der Waals surface area contributed by atoms with E-state index in [1.54, 1.807) is 30.3 Å². The van der Waals surface area contributed by atoms with E-state index in [4.69, 9.17) is 4.84 Å². The van der Waals surface area contributed by atoms with Gasteiger partial charge in [-0.1, -0.05) is 48.5 Å². The fourth-order valence-corrected chi connectivity index (χ4v) is 2.65. The fourth-order valence-electron chi connectivity index (χ4n) is 2.65. The highest BCUT2D eigenvalue weighted by molar-refractivity contribution is 6.08. The van der Waals surface area contributed by atoms with E-state index in [2.05, 4.69) is 0 Å². The molecule has 0 saturated heterocycles. The number of amides is 2. The molecular formula is C18H15NO5. The van der Waals surface area contributed by atoms with Crippen molar-refractivity contribution in [1.82, 2.24) is 5.06 Å². The molecule has 24 heavy (non-hydrogen) atoms. The molecule has 0 radical (unpaired) electrons. The number of benzene rings is 2. The summed E-state index contributed by atoms with van der Waals surface area (Å²) in [4.78, 5) is 41.9. The average molecular weight is 325 g/mol. The van der Waals surface area contributed by atoms with E-state index < -0.39 is 23.7 Å². The van der Waals surface area contributed by atoms with Gasteiger partial charge in [0.2, 0.25) is 0 Å². The molecule has 2 aromatic rings. The second kappa shape index (κ2) is 6.64. The van der Waals surface area contributed by atoms with Crippen LogP contribution in [0.4, 0.5) is 0 Å². The van der Waals surface area contributed by atoms with Crippen molar-refractivity contribution in [2.24, 2.45) is 0 Å². The predicted molar refractivity (Wildman–Crippen MR) is 83.8 cm³/mol. The molecule has 3 rings (SSSR count). The molecule has 2 amide bonds. The molecule has 2 aromatic carbocycles. The number of imide groups is 1. The zero-order chi connectivity index (χ0) is 17.1. The summed E-state index contributed by atoms with van der Waals surface area (Å²) in [5.41, 5.74) is 1.29. The van der Waals surface area contributed by atoms with Crippen molar-refractivity contribution in [2.45, 2.75) is 18.9 Å². The van der Waals surface area contributed by atoms with Gasteiger partial charge >= 0.3 is 5.97 Å². The normalized spacial score (nSPS) is 17.3. The smallest absolute Gasteiger partial charge is 0.311 e. The molecular weight excluding hydrogens is 310 g/mol. The highest BCUT2D eigenvalue weighted by Crippen LogP contribution is 2.29. The minimum absolute atomic E-state index is 0.0399. The topological polar surface area (TPSA) is 83.9 Å². The largest absolute Gasteiger partial charge is 0.481 e. The molecule has 1 atom stereocenters. The Kier molecular flexibility index (Phi) is 4.39. The predicted octanol–water partition coefficient (Wildman–Crippen LogP) is 2.36. The number of carbonyl (C=O) groups excluding carboxylic acids is 2. The lowest BCUT2D eigenvalue weighted by atomic mass is 9.92. The molecule has 1 aliphatic heterocycles. The maximum absolute atomic E-state index is 12.6. The van der Waals surface area contributed by atoms with Gasteiger partial charge < -0.3 is 5.11 Å². The van der Waals surface area contributed by atoms with Crippen molar-refractivity contribution in [3.8, 4) is 0 Å². The van der Waals surface area contributed by atoms with Crippen LogP contribution in [0.3, 0.4) is 0 Å². The van der Waals surface area contributed by atoms with Crippen molar-refractivity contribution in [3.05, 3.63) is 71.3 Å². The van der Waals surface area contributed by atoms with Gasteiger partial charge in [-0.25, -0.2) is 0 Å². The Balaban J connectivity index is 1.90. The van der Waals surface area contributed by atoms with Gasteiger partial charge in [-0.3, -0.25) is 19.2 Å². The van der Waals surface area contributed by atoms with Gasteiger partial charge in [-0.05, 0) is 17.2 Å². The SMILES string of the molecule is O=C(O)C1CC(=O)N(OCc2ccccc2)C(=O)c2ccccc21. The maximum Gasteiger partial charge on any atom is 0.311 e. The Hall–Kier alpha value is -2.99. The number of carboxylic acids is 1. The highest BCUT2D eigenvalue weighted by Gasteiger charge is 2.37. The van der Waals surface area contributed by atoms with Crippen molar-refractivity contribution in [2.75, 3.05) is 0 Å². The van der Waals surface area contributed by atoms with Gasteiger partial charge in [0.1, 0.15) is 6.61 Å². The molecule has 6 heteroatoms. The lowest BCUT2D eigenvalue weighted by molar-refractivity contribution is -0.174. The van der Waals surface area contributed by atoms with Crippen LogP contribution in [0, 0.1) is 0 Å². The Morgan fingerprint density at radius 1 is 1.08 bits per heavy atom. The molecule has 122 valence electrons. The summed E-state index contributed by atoms with van der Waals surface area (Å²) in [5.74, 6) is -3.52. The molecule has 6 nitrogen and oxygen atoms in total. The molecule has 0 aromatic heterocycles. The van der Waals surface area contributed by atoms with Crippen LogP contribution < -0.4 is 0 Å². The molecule has 0 saturated carbocycles. The van der Waals surface area contributed by atoms with Gasteiger partial charge in [0, 0.05) is 12.0 Å². The number of rotatable bonds is 4. The Labute approximate surface area is 138 Å². The number of aliphatic carboxylic acids is 1. The summed E-state index contributed by atoms with van der Waals surface area (Å²) < 4.78 is 0. The lowest BCUT2D eigenvalue weighted by Gasteiger charge is -2.18.